The molecule has 2 aliphatic rings. The monoisotopic (exact) mass is 245 g/mol. The van der Waals surface area contributed by atoms with E-state index in [2.05, 4.69) is 5.32 Å². The average molecular weight is 246 g/mol. The first-order chi connectivity index (χ1) is 7.90. The number of nitrogens with one attached hydrogen (secondary N) is 1. The smallest absolute Gasteiger partial charge is 0.0699 e. The zero-order chi connectivity index (χ0) is 11.2. The van der Waals surface area contributed by atoms with Gasteiger partial charge in [0.05, 0.1) is 6.10 Å². The molecule has 16 heavy (non-hydrogen) atoms. The molecule has 3 atom stereocenters. The molecule has 2 rings (SSSR count). The molecule has 0 bridgehead atoms. The largest absolute Gasteiger partial charge is 0.377 e. The second-order valence-corrected chi connectivity index (χ2v) is 5.51. The van der Waals surface area contributed by atoms with Crippen LogP contribution in [0.25, 0.3) is 0 Å². The van der Waals surface area contributed by atoms with Gasteiger partial charge < -0.3 is 10.1 Å². The van der Waals surface area contributed by atoms with Gasteiger partial charge in [-0.2, -0.15) is 0 Å². The first-order valence-corrected chi connectivity index (χ1v) is 7.34. The van der Waals surface area contributed by atoms with Gasteiger partial charge in [-0.3, -0.25) is 0 Å². The van der Waals surface area contributed by atoms with Gasteiger partial charge in [0.2, 0.25) is 0 Å². The molecule has 1 saturated heterocycles. The van der Waals surface area contributed by atoms with E-state index in [1.165, 1.54) is 44.9 Å². The SMILES string of the molecule is ClCC1CCCCC1NCC1CCCCO1. The van der Waals surface area contributed by atoms with Crippen LogP contribution in [-0.4, -0.2) is 31.2 Å². The molecule has 0 radical (unpaired) electrons. The van der Waals surface area contributed by atoms with Crippen molar-refractivity contribution in [3.05, 3.63) is 0 Å². The van der Waals surface area contributed by atoms with E-state index in [4.69, 9.17) is 16.3 Å². The Bertz CT molecular complexity index is 194. The van der Waals surface area contributed by atoms with Crippen LogP contribution in [0.3, 0.4) is 0 Å². The van der Waals surface area contributed by atoms with Gasteiger partial charge in [0, 0.05) is 25.1 Å². The maximum absolute atomic E-state index is 6.03. The zero-order valence-corrected chi connectivity index (χ0v) is 10.8. The van der Waals surface area contributed by atoms with E-state index in [1.54, 1.807) is 0 Å². The minimum Gasteiger partial charge on any atom is -0.377 e. The van der Waals surface area contributed by atoms with E-state index in [-0.39, 0.29) is 0 Å². The van der Waals surface area contributed by atoms with Gasteiger partial charge in [0.25, 0.3) is 0 Å². The maximum Gasteiger partial charge on any atom is 0.0699 e. The lowest BCUT2D eigenvalue weighted by atomic mass is 9.85. The zero-order valence-electron chi connectivity index (χ0n) is 10.1. The number of halogens is 1. The van der Waals surface area contributed by atoms with Crippen LogP contribution < -0.4 is 5.32 Å². The molecule has 0 aromatic rings. The van der Waals surface area contributed by atoms with Crippen molar-refractivity contribution < 1.29 is 4.74 Å². The van der Waals surface area contributed by atoms with Crippen molar-refractivity contribution in [3.8, 4) is 0 Å². The first-order valence-electron chi connectivity index (χ1n) is 6.81. The summed E-state index contributed by atoms with van der Waals surface area (Å²) in [5, 5.41) is 3.68. The molecule has 1 aliphatic carbocycles. The van der Waals surface area contributed by atoms with E-state index < -0.39 is 0 Å². The number of ether oxygens (including phenoxy) is 1. The molecule has 2 fully saturated rings. The summed E-state index contributed by atoms with van der Waals surface area (Å²) < 4.78 is 5.74. The van der Waals surface area contributed by atoms with E-state index in [9.17, 15) is 0 Å². The van der Waals surface area contributed by atoms with Gasteiger partial charge in [-0.05, 0) is 38.0 Å². The highest BCUT2D eigenvalue weighted by molar-refractivity contribution is 6.18. The Labute approximate surface area is 104 Å². The number of hydrogen-bond acceptors (Lipinski definition) is 2. The highest BCUT2D eigenvalue weighted by atomic mass is 35.5. The van der Waals surface area contributed by atoms with Crippen LogP contribution in [0.15, 0.2) is 0 Å². The van der Waals surface area contributed by atoms with Crippen LogP contribution in [0, 0.1) is 5.92 Å². The average Bonchev–Trinajstić information content (AvgIpc) is 2.38. The number of alkyl halides is 1. The molecule has 0 aromatic heterocycles. The van der Waals surface area contributed by atoms with Gasteiger partial charge in [-0.1, -0.05) is 12.8 Å². The summed E-state index contributed by atoms with van der Waals surface area (Å²) in [6, 6.07) is 0.636. The lowest BCUT2D eigenvalue weighted by Gasteiger charge is -2.33. The molecule has 0 amide bonds. The molecule has 0 spiro atoms. The Morgan fingerprint density at radius 3 is 2.62 bits per heavy atom. The van der Waals surface area contributed by atoms with Crippen molar-refractivity contribution in [2.45, 2.75) is 57.1 Å². The van der Waals surface area contributed by atoms with E-state index in [1.807, 2.05) is 0 Å². The van der Waals surface area contributed by atoms with E-state index in [0.717, 1.165) is 19.0 Å². The molecule has 1 aliphatic heterocycles. The summed E-state index contributed by atoms with van der Waals surface area (Å²) in [5.74, 6) is 1.49. The van der Waals surface area contributed by atoms with Crippen molar-refractivity contribution in [2.24, 2.45) is 5.92 Å². The minimum atomic E-state index is 0.451. The van der Waals surface area contributed by atoms with Crippen molar-refractivity contribution in [3.63, 3.8) is 0 Å². The van der Waals surface area contributed by atoms with Gasteiger partial charge in [0.1, 0.15) is 0 Å². The predicted octanol–water partition coefficient (Wildman–Crippen LogP) is 2.94. The van der Waals surface area contributed by atoms with Crippen LogP contribution >= 0.6 is 11.6 Å². The fraction of sp³-hybridized carbons (Fsp3) is 1.00. The molecule has 1 heterocycles. The summed E-state index contributed by atoms with van der Waals surface area (Å²) in [6.45, 7) is 1.98. The minimum absolute atomic E-state index is 0.451. The lowest BCUT2D eigenvalue weighted by molar-refractivity contribution is 0.0135. The summed E-state index contributed by atoms with van der Waals surface area (Å²) in [7, 11) is 0. The third-order valence-electron chi connectivity index (χ3n) is 3.99. The Kier molecular flexibility index (Phi) is 5.40. The molecule has 1 saturated carbocycles. The summed E-state index contributed by atoms with van der Waals surface area (Å²) in [4.78, 5) is 0. The summed E-state index contributed by atoms with van der Waals surface area (Å²) in [5.41, 5.74) is 0. The molecule has 0 aromatic carbocycles. The number of rotatable bonds is 4. The molecule has 2 nitrogen and oxygen atoms in total. The Hall–Kier alpha value is 0.210. The summed E-state index contributed by atoms with van der Waals surface area (Å²) in [6.07, 6.45) is 9.56. The van der Waals surface area contributed by atoms with E-state index >= 15 is 0 Å². The quantitative estimate of drug-likeness (QED) is 0.769. The third kappa shape index (κ3) is 3.61. The molecule has 3 heteroatoms. The Morgan fingerprint density at radius 2 is 1.88 bits per heavy atom. The van der Waals surface area contributed by atoms with Crippen molar-refractivity contribution in [1.82, 2.24) is 5.32 Å². The van der Waals surface area contributed by atoms with Crippen molar-refractivity contribution in [1.29, 1.82) is 0 Å². The van der Waals surface area contributed by atoms with Gasteiger partial charge in [0.15, 0.2) is 0 Å². The van der Waals surface area contributed by atoms with Crippen LogP contribution in [0.2, 0.25) is 0 Å². The first kappa shape index (κ1) is 12.7. The fourth-order valence-electron chi connectivity index (χ4n) is 2.91. The third-order valence-corrected chi connectivity index (χ3v) is 4.39. The number of hydrogen-bond donors (Lipinski definition) is 1. The van der Waals surface area contributed by atoms with Crippen LogP contribution in [-0.2, 0) is 4.74 Å². The van der Waals surface area contributed by atoms with Crippen molar-refractivity contribution >= 4 is 11.6 Å². The molecule has 3 unspecified atom stereocenters. The lowest BCUT2D eigenvalue weighted by Crippen LogP contribution is -2.44. The highest BCUT2D eigenvalue weighted by Crippen LogP contribution is 2.25. The van der Waals surface area contributed by atoms with Crippen LogP contribution in [0.4, 0.5) is 0 Å². The maximum atomic E-state index is 6.03. The van der Waals surface area contributed by atoms with Gasteiger partial charge >= 0.3 is 0 Å². The molecule has 1 N–H and O–H groups in total. The van der Waals surface area contributed by atoms with Crippen LogP contribution in [0.5, 0.6) is 0 Å². The van der Waals surface area contributed by atoms with E-state index in [0.29, 0.717) is 18.1 Å². The molecular formula is C13H24ClNO. The normalized spacial score (nSPS) is 36.2. The molecular weight excluding hydrogens is 222 g/mol. The molecule has 94 valence electrons. The van der Waals surface area contributed by atoms with Gasteiger partial charge in [-0.25, -0.2) is 0 Å². The Morgan fingerprint density at radius 1 is 1.06 bits per heavy atom. The topological polar surface area (TPSA) is 21.3 Å². The highest BCUT2D eigenvalue weighted by Gasteiger charge is 2.25. The van der Waals surface area contributed by atoms with Crippen molar-refractivity contribution in [2.75, 3.05) is 19.0 Å². The second kappa shape index (κ2) is 6.83. The predicted molar refractivity (Wildman–Crippen MR) is 68.1 cm³/mol. The summed E-state index contributed by atoms with van der Waals surface area (Å²) >= 11 is 6.03. The Balaban J connectivity index is 1.70. The van der Waals surface area contributed by atoms with Crippen LogP contribution in [0.1, 0.15) is 44.9 Å². The fourth-order valence-corrected chi connectivity index (χ4v) is 3.28. The second-order valence-electron chi connectivity index (χ2n) is 5.20. The standard InChI is InChI=1S/C13H24ClNO/c14-9-11-5-1-2-7-13(11)15-10-12-6-3-4-8-16-12/h11-13,15H,1-10H2. The van der Waals surface area contributed by atoms with Gasteiger partial charge in [-0.15, -0.1) is 11.6 Å².